The van der Waals surface area contributed by atoms with Gasteiger partial charge in [-0.1, -0.05) is 15.9 Å². The Morgan fingerprint density at radius 3 is 3.06 bits per heavy atom. The predicted octanol–water partition coefficient (Wildman–Crippen LogP) is 2.74. The normalized spacial score (nSPS) is 18.8. The minimum Gasteiger partial charge on any atom is -0.487 e. The Hall–Kier alpha value is -1.14. The summed E-state index contributed by atoms with van der Waals surface area (Å²) in [5, 5.41) is 14.2. The van der Waals surface area contributed by atoms with Crippen LogP contribution in [0.15, 0.2) is 22.7 Å². The quantitative estimate of drug-likeness (QED) is 0.670. The van der Waals surface area contributed by atoms with Crippen LogP contribution in [-0.2, 0) is 0 Å². The lowest BCUT2D eigenvalue weighted by molar-refractivity contribution is -0.385. The summed E-state index contributed by atoms with van der Waals surface area (Å²) in [5.74, 6) is 0.966. The summed E-state index contributed by atoms with van der Waals surface area (Å²) in [6, 6.07) is 4.85. The second-order valence-corrected chi connectivity index (χ2v) is 5.28. The molecule has 1 aliphatic rings. The van der Waals surface area contributed by atoms with Crippen molar-refractivity contribution in [1.82, 2.24) is 5.32 Å². The van der Waals surface area contributed by atoms with E-state index in [9.17, 15) is 10.1 Å². The number of nitro groups is 1. The maximum absolute atomic E-state index is 10.9. The number of nitrogens with one attached hydrogen (secondary N) is 1. The zero-order valence-corrected chi connectivity index (χ0v) is 11.5. The maximum atomic E-state index is 10.9. The van der Waals surface area contributed by atoms with E-state index in [1.54, 1.807) is 12.1 Å². The highest BCUT2D eigenvalue weighted by molar-refractivity contribution is 9.10. The molecule has 0 amide bonds. The van der Waals surface area contributed by atoms with Crippen molar-refractivity contribution in [3.8, 4) is 5.75 Å². The minimum absolute atomic E-state index is 0.00826. The predicted molar refractivity (Wildman–Crippen MR) is 71.9 cm³/mol. The van der Waals surface area contributed by atoms with E-state index < -0.39 is 4.92 Å². The average molecular weight is 315 g/mol. The molecule has 1 heterocycles. The molecule has 0 aliphatic carbocycles. The fourth-order valence-corrected chi connectivity index (χ4v) is 2.40. The van der Waals surface area contributed by atoms with Gasteiger partial charge in [0, 0.05) is 10.5 Å². The van der Waals surface area contributed by atoms with Crippen molar-refractivity contribution in [2.75, 3.05) is 19.7 Å². The van der Waals surface area contributed by atoms with Crippen molar-refractivity contribution in [3.63, 3.8) is 0 Å². The lowest BCUT2D eigenvalue weighted by atomic mass is 10.1. The number of halogens is 1. The van der Waals surface area contributed by atoms with Crippen molar-refractivity contribution in [1.29, 1.82) is 0 Å². The van der Waals surface area contributed by atoms with Gasteiger partial charge in [0.1, 0.15) is 0 Å². The van der Waals surface area contributed by atoms with Gasteiger partial charge in [0.15, 0.2) is 5.75 Å². The summed E-state index contributed by atoms with van der Waals surface area (Å²) in [7, 11) is 0. The van der Waals surface area contributed by atoms with E-state index in [1.165, 1.54) is 6.07 Å². The Morgan fingerprint density at radius 1 is 1.56 bits per heavy atom. The number of nitrogens with zero attached hydrogens (tertiary/aromatic N) is 1. The monoisotopic (exact) mass is 314 g/mol. The molecule has 1 atom stereocenters. The van der Waals surface area contributed by atoms with Crippen LogP contribution in [0.3, 0.4) is 0 Å². The van der Waals surface area contributed by atoms with Gasteiger partial charge in [0.25, 0.3) is 0 Å². The van der Waals surface area contributed by atoms with E-state index in [-0.39, 0.29) is 5.69 Å². The zero-order valence-electron chi connectivity index (χ0n) is 9.89. The number of hydrogen-bond donors (Lipinski definition) is 1. The highest BCUT2D eigenvalue weighted by Crippen LogP contribution is 2.30. The van der Waals surface area contributed by atoms with Crippen LogP contribution >= 0.6 is 15.9 Å². The topological polar surface area (TPSA) is 64.4 Å². The Balaban J connectivity index is 1.93. The molecule has 1 unspecified atom stereocenters. The first-order valence-electron chi connectivity index (χ1n) is 5.94. The van der Waals surface area contributed by atoms with E-state index in [0.29, 0.717) is 22.7 Å². The summed E-state index contributed by atoms with van der Waals surface area (Å²) < 4.78 is 6.21. The molecule has 1 fully saturated rings. The van der Waals surface area contributed by atoms with Crippen LogP contribution in [0.2, 0.25) is 0 Å². The van der Waals surface area contributed by atoms with Gasteiger partial charge in [-0.05, 0) is 44.0 Å². The van der Waals surface area contributed by atoms with Crippen molar-refractivity contribution in [2.45, 2.75) is 12.8 Å². The average Bonchev–Trinajstić information content (AvgIpc) is 2.84. The van der Waals surface area contributed by atoms with Crippen LogP contribution < -0.4 is 10.1 Å². The Labute approximate surface area is 114 Å². The summed E-state index contributed by atoms with van der Waals surface area (Å²) in [6.45, 7) is 2.60. The van der Waals surface area contributed by atoms with Crippen LogP contribution in [0.4, 0.5) is 5.69 Å². The van der Waals surface area contributed by atoms with Gasteiger partial charge in [-0.2, -0.15) is 0 Å². The fourth-order valence-electron chi connectivity index (χ4n) is 2.05. The number of rotatable bonds is 5. The lowest BCUT2D eigenvalue weighted by Gasteiger charge is -2.10. The molecule has 1 saturated heterocycles. The molecule has 0 radical (unpaired) electrons. The minimum atomic E-state index is -0.419. The molecule has 0 bridgehead atoms. The molecule has 98 valence electrons. The van der Waals surface area contributed by atoms with Crippen LogP contribution in [0.1, 0.15) is 12.8 Å². The molecule has 0 aromatic heterocycles. The standard InChI is InChI=1S/C12H15BrN2O3/c13-10-1-2-12(11(7-10)15(16)17)18-6-4-9-3-5-14-8-9/h1-2,7,9,14H,3-6,8H2. The van der Waals surface area contributed by atoms with Gasteiger partial charge in [-0.25, -0.2) is 0 Å². The van der Waals surface area contributed by atoms with Crippen LogP contribution in [0, 0.1) is 16.0 Å². The third kappa shape index (κ3) is 3.43. The molecule has 1 aliphatic heterocycles. The van der Waals surface area contributed by atoms with E-state index in [1.807, 2.05) is 0 Å². The molecular formula is C12H15BrN2O3. The number of ether oxygens (including phenoxy) is 1. The second-order valence-electron chi connectivity index (χ2n) is 4.37. The smallest absolute Gasteiger partial charge is 0.312 e. The van der Waals surface area contributed by atoms with E-state index in [0.717, 1.165) is 25.9 Å². The van der Waals surface area contributed by atoms with Crippen LogP contribution in [-0.4, -0.2) is 24.6 Å². The molecule has 18 heavy (non-hydrogen) atoms. The molecule has 5 nitrogen and oxygen atoms in total. The Bertz CT molecular complexity index is 433. The van der Waals surface area contributed by atoms with Crippen LogP contribution in [0.5, 0.6) is 5.75 Å². The van der Waals surface area contributed by atoms with Gasteiger partial charge < -0.3 is 10.1 Å². The largest absolute Gasteiger partial charge is 0.487 e. The first-order valence-corrected chi connectivity index (χ1v) is 6.73. The highest BCUT2D eigenvalue weighted by Gasteiger charge is 2.17. The van der Waals surface area contributed by atoms with Crippen molar-refractivity contribution in [2.24, 2.45) is 5.92 Å². The molecule has 6 heteroatoms. The molecule has 2 rings (SSSR count). The fraction of sp³-hybridized carbons (Fsp3) is 0.500. The lowest BCUT2D eigenvalue weighted by Crippen LogP contribution is -2.12. The first-order chi connectivity index (χ1) is 8.66. The molecule has 0 saturated carbocycles. The van der Waals surface area contributed by atoms with E-state index >= 15 is 0 Å². The molecule has 1 N–H and O–H groups in total. The first kappa shape index (κ1) is 13.3. The Kier molecular flexibility index (Phi) is 4.54. The molecule has 1 aromatic rings. The maximum Gasteiger partial charge on any atom is 0.312 e. The Morgan fingerprint density at radius 2 is 2.39 bits per heavy atom. The van der Waals surface area contributed by atoms with Crippen molar-refractivity contribution >= 4 is 21.6 Å². The number of benzene rings is 1. The SMILES string of the molecule is O=[N+]([O-])c1cc(Br)ccc1OCCC1CCNC1. The van der Waals surface area contributed by atoms with Gasteiger partial charge in [0.2, 0.25) is 0 Å². The van der Waals surface area contributed by atoms with Gasteiger partial charge in [-0.3, -0.25) is 10.1 Å². The van der Waals surface area contributed by atoms with Crippen molar-refractivity contribution in [3.05, 3.63) is 32.8 Å². The third-order valence-corrected chi connectivity index (χ3v) is 3.56. The summed E-state index contributed by atoms with van der Waals surface area (Å²) in [4.78, 5) is 10.5. The van der Waals surface area contributed by atoms with E-state index in [2.05, 4.69) is 21.2 Å². The van der Waals surface area contributed by atoms with Gasteiger partial charge >= 0.3 is 5.69 Å². The zero-order chi connectivity index (χ0) is 13.0. The number of hydrogen-bond acceptors (Lipinski definition) is 4. The number of nitro benzene ring substituents is 1. The molecule has 1 aromatic carbocycles. The highest BCUT2D eigenvalue weighted by atomic mass is 79.9. The van der Waals surface area contributed by atoms with Crippen LogP contribution in [0.25, 0.3) is 0 Å². The van der Waals surface area contributed by atoms with Gasteiger partial charge in [0.05, 0.1) is 11.5 Å². The third-order valence-electron chi connectivity index (χ3n) is 3.06. The van der Waals surface area contributed by atoms with E-state index in [4.69, 9.17) is 4.74 Å². The summed E-state index contributed by atoms with van der Waals surface area (Å²) >= 11 is 3.22. The molecular weight excluding hydrogens is 300 g/mol. The summed E-state index contributed by atoms with van der Waals surface area (Å²) in [6.07, 6.45) is 2.09. The van der Waals surface area contributed by atoms with Crippen molar-refractivity contribution < 1.29 is 9.66 Å². The van der Waals surface area contributed by atoms with Gasteiger partial charge in [-0.15, -0.1) is 0 Å². The molecule has 0 spiro atoms. The summed E-state index contributed by atoms with van der Waals surface area (Å²) in [5.41, 5.74) is 0.00826. The second kappa shape index (κ2) is 6.15.